The summed E-state index contributed by atoms with van der Waals surface area (Å²) in [5.74, 6) is 0. The number of rotatable bonds is 9. The van der Waals surface area contributed by atoms with Crippen molar-refractivity contribution in [3.05, 3.63) is 0 Å². The molecule has 0 bridgehead atoms. The summed E-state index contributed by atoms with van der Waals surface area (Å²) < 4.78 is 0. The van der Waals surface area contributed by atoms with E-state index in [-0.39, 0.29) is 5.54 Å². The maximum atomic E-state index is 9.74. The fraction of sp³-hybridized carbons (Fsp3) is 0.944. The van der Waals surface area contributed by atoms with E-state index in [1.807, 2.05) is 0 Å². The fourth-order valence-corrected chi connectivity index (χ4v) is 3.64. The van der Waals surface area contributed by atoms with E-state index in [0.29, 0.717) is 12.1 Å². The first-order chi connectivity index (χ1) is 10.2. The van der Waals surface area contributed by atoms with Gasteiger partial charge in [-0.2, -0.15) is 5.26 Å². The molecule has 0 aromatic carbocycles. The molecular formula is C18H33N3. The summed E-state index contributed by atoms with van der Waals surface area (Å²) in [4.78, 5) is 2.69. The molecule has 0 amide bonds. The highest BCUT2D eigenvalue weighted by Gasteiger charge is 2.41. The zero-order valence-electron chi connectivity index (χ0n) is 14.0. The van der Waals surface area contributed by atoms with Crippen molar-refractivity contribution >= 4 is 0 Å². The van der Waals surface area contributed by atoms with Crippen LogP contribution in [0.3, 0.4) is 0 Å². The van der Waals surface area contributed by atoms with Crippen molar-refractivity contribution in [1.82, 2.24) is 10.2 Å². The lowest BCUT2D eigenvalue weighted by molar-refractivity contribution is 0.115. The zero-order valence-corrected chi connectivity index (χ0v) is 14.0. The Bertz CT molecular complexity index is 337. The van der Waals surface area contributed by atoms with Crippen LogP contribution in [-0.2, 0) is 0 Å². The van der Waals surface area contributed by atoms with Gasteiger partial charge in [0.1, 0.15) is 5.54 Å². The van der Waals surface area contributed by atoms with Gasteiger partial charge in [0.15, 0.2) is 0 Å². The topological polar surface area (TPSA) is 39.1 Å². The van der Waals surface area contributed by atoms with Crippen LogP contribution in [0.1, 0.15) is 78.1 Å². The Kier molecular flexibility index (Phi) is 6.51. The van der Waals surface area contributed by atoms with Gasteiger partial charge in [0, 0.05) is 12.1 Å². The quantitative estimate of drug-likeness (QED) is 0.701. The Balaban J connectivity index is 1.96. The van der Waals surface area contributed by atoms with Crippen molar-refractivity contribution < 1.29 is 0 Å². The van der Waals surface area contributed by atoms with Gasteiger partial charge < -0.3 is 4.90 Å². The first-order valence-corrected chi connectivity index (χ1v) is 9.16. The summed E-state index contributed by atoms with van der Waals surface area (Å²) in [5, 5.41) is 13.4. The monoisotopic (exact) mass is 291 g/mol. The molecule has 2 aliphatic rings. The highest BCUT2D eigenvalue weighted by molar-refractivity contribution is 5.13. The van der Waals surface area contributed by atoms with Crippen LogP contribution in [0.2, 0.25) is 0 Å². The molecule has 1 N–H and O–H groups in total. The predicted octanol–water partition coefficient (Wildman–Crippen LogP) is 3.85. The van der Waals surface area contributed by atoms with Gasteiger partial charge in [0.25, 0.3) is 0 Å². The lowest BCUT2D eigenvalue weighted by Gasteiger charge is -2.42. The van der Waals surface area contributed by atoms with Gasteiger partial charge in [-0.05, 0) is 64.5 Å². The number of nitrogens with one attached hydrogen (secondary N) is 1. The van der Waals surface area contributed by atoms with Gasteiger partial charge in [-0.25, -0.2) is 0 Å². The molecule has 3 heteroatoms. The van der Waals surface area contributed by atoms with Crippen LogP contribution in [0.5, 0.6) is 0 Å². The van der Waals surface area contributed by atoms with Crippen LogP contribution in [0.15, 0.2) is 0 Å². The Morgan fingerprint density at radius 2 is 1.81 bits per heavy atom. The van der Waals surface area contributed by atoms with Crippen LogP contribution in [0.4, 0.5) is 0 Å². The molecule has 0 spiro atoms. The number of nitrogens with zero attached hydrogens (tertiary/aromatic N) is 2. The largest absolute Gasteiger partial charge is 0.300 e. The molecule has 0 heterocycles. The molecule has 2 fully saturated rings. The standard InChI is InChI=1S/C18H33N3/c1-3-5-12-21(13-6-4-2)17-8-7-11-18(14-17,15-19)20-16-9-10-16/h16-17,20H,3-14H2,1-2H3. The number of unbranched alkanes of at least 4 members (excludes halogenated alkanes) is 2. The summed E-state index contributed by atoms with van der Waals surface area (Å²) in [6.45, 7) is 6.97. The third-order valence-electron chi connectivity index (χ3n) is 5.11. The lowest BCUT2D eigenvalue weighted by Crippen LogP contribution is -2.53. The molecule has 0 aromatic heterocycles. The van der Waals surface area contributed by atoms with Crippen molar-refractivity contribution in [3.63, 3.8) is 0 Å². The zero-order chi connectivity index (χ0) is 15.1. The summed E-state index contributed by atoms with van der Waals surface area (Å²) in [5.41, 5.74) is -0.235. The molecule has 21 heavy (non-hydrogen) atoms. The van der Waals surface area contributed by atoms with Crippen molar-refractivity contribution in [2.45, 2.75) is 95.7 Å². The minimum Gasteiger partial charge on any atom is -0.300 e. The van der Waals surface area contributed by atoms with E-state index < -0.39 is 0 Å². The van der Waals surface area contributed by atoms with Crippen molar-refractivity contribution in [2.24, 2.45) is 0 Å². The molecule has 0 radical (unpaired) electrons. The summed E-state index contributed by atoms with van der Waals surface area (Å²) >= 11 is 0. The Morgan fingerprint density at radius 3 is 2.33 bits per heavy atom. The third kappa shape index (κ3) is 4.97. The van der Waals surface area contributed by atoms with E-state index in [2.05, 4.69) is 30.1 Å². The second kappa shape index (κ2) is 8.15. The maximum absolute atomic E-state index is 9.74. The van der Waals surface area contributed by atoms with Gasteiger partial charge in [0.2, 0.25) is 0 Å². The Hall–Kier alpha value is -0.590. The van der Waals surface area contributed by atoms with E-state index in [4.69, 9.17) is 0 Å². The van der Waals surface area contributed by atoms with E-state index in [1.54, 1.807) is 0 Å². The molecule has 2 aliphatic carbocycles. The third-order valence-corrected chi connectivity index (χ3v) is 5.11. The second-order valence-electron chi connectivity index (χ2n) is 7.11. The van der Waals surface area contributed by atoms with Crippen LogP contribution in [0.25, 0.3) is 0 Å². The van der Waals surface area contributed by atoms with Gasteiger partial charge in [-0.15, -0.1) is 0 Å². The SMILES string of the molecule is CCCCN(CCCC)C1CCCC(C#N)(NC2CC2)C1. The van der Waals surface area contributed by atoms with Crippen molar-refractivity contribution in [1.29, 1.82) is 5.26 Å². The second-order valence-corrected chi connectivity index (χ2v) is 7.11. The van der Waals surface area contributed by atoms with Crippen molar-refractivity contribution in [2.75, 3.05) is 13.1 Å². The fourth-order valence-electron chi connectivity index (χ4n) is 3.64. The molecule has 2 atom stereocenters. The molecule has 0 aliphatic heterocycles. The first-order valence-electron chi connectivity index (χ1n) is 9.16. The minimum atomic E-state index is -0.235. The smallest absolute Gasteiger partial charge is 0.108 e. The van der Waals surface area contributed by atoms with Gasteiger partial charge in [-0.1, -0.05) is 26.7 Å². The van der Waals surface area contributed by atoms with Gasteiger partial charge in [-0.3, -0.25) is 5.32 Å². The summed E-state index contributed by atoms with van der Waals surface area (Å²) in [6, 6.07) is 3.89. The van der Waals surface area contributed by atoms with E-state index in [0.717, 1.165) is 12.8 Å². The molecule has 2 saturated carbocycles. The average molecular weight is 291 g/mol. The molecular weight excluding hydrogens is 258 g/mol. The number of hydrogen-bond donors (Lipinski definition) is 1. The minimum absolute atomic E-state index is 0.235. The molecule has 2 unspecified atom stereocenters. The average Bonchev–Trinajstić information content (AvgIpc) is 3.31. The van der Waals surface area contributed by atoms with E-state index >= 15 is 0 Å². The molecule has 0 aromatic rings. The van der Waals surface area contributed by atoms with E-state index in [9.17, 15) is 5.26 Å². The van der Waals surface area contributed by atoms with Crippen LogP contribution in [-0.4, -0.2) is 35.6 Å². The molecule has 0 saturated heterocycles. The Morgan fingerprint density at radius 1 is 1.14 bits per heavy atom. The van der Waals surface area contributed by atoms with Crippen LogP contribution < -0.4 is 5.32 Å². The number of nitriles is 1. The first kappa shape index (κ1) is 16.8. The predicted molar refractivity (Wildman–Crippen MR) is 88.1 cm³/mol. The maximum Gasteiger partial charge on any atom is 0.108 e. The van der Waals surface area contributed by atoms with Crippen LogP contribution in [0, 0.1) is 11.3 Å². The highest BCUT2D eigenvalue weighted by atomic mass is 15.2. The normalized spacial score (nSPS) is 29.5. The lowest BCUT2D eigenvalue weighted by atomic mass is 9.79. The van der Waals surface area contributed by atoms with Gasteiger partial charge >= 0.3 is 0 Å². The molecule has 2 rings (SSSR count). The van der Waals surface area contributed by atoms with Gasteiger partial charge in [0.05, 0.1) is 6.07 Å². The summed E-state index contributed by atoms with van der Waals surface area (Å²) in [6.07, 6.45) is 12.2. The Labute approximate surface area is 131 Å². The molecule has 3 nitrogen and oxygen atoms in total. The highest BCUT2D eigenvalue weighted by Crippen LogP contribution is 2.34. The summed E-state index contributed by atoms with van der Waals surface area (Å²) in [7, 11) is 0. The molecule has 120 valence electrons. The van der Waals surface area contributed by atoms with E-state index in [1.165, 1.54) is 64.5 Å². The number of hydrogen-bond acceptors (Lipinski definition) is 3. The van der Waals surface area contributed by atoms with Crippen LogP contribution >= 0.6 is 0 Å². The van der Waals surface area contributed by atoms with Crippen molar-refractivity contribution in [3.8, 4) is 6.07 Å².